The fourth-order valence-corrected chi connectivity index (χ4v) is 1.14. The molecule has 0 saturated carbocycles. The SMILES string of the molecule is Cc1cc(N(C)CC(C)O)ncn1. The number of aliphatic hydroxyl groups is 1. The normalized spacial score (nSPS) is 12.6. The van der Waals surface area contributed by atoms with Gasteiger partial charge < -0.3 is 10.0 Å². The second-order valence-corrected chi connectivity index (χ2v) is 3.25. The Morgan fingerprint density at radius 3 is 2.77 bits per heavy atom. The number of hydrogen-bond acceptors (Lipinski definition) is 4. The topological polar surface area (TPSA) is 49.2 Å². The first-order chi connectivity index (χ1) is 6.09. The molecule has 4 nitrogen and oxygen atoms in total. The predicted octanol–water partition coefficient (Wildman–Crippen LogP) is 0.602. The summed E-state index contributed by atoms with van der Waals surface area (Å²) in [6.07, 6.45) is 1.18. The number of aryl methyl sites for hydroxylation is 1. The third-order valence-corrected chi connectivity index (χ3v) is 1.72. The van der Waals surface area contributed by atoms with E-state index in [2.05, 4.69) is 9.97 Å². The lowest BCUT2D eigenvalue weighted by molar-refractivity contribution is 0.201. The maximum absolute atomic E-state index is 9.17. The largest absolute Gasteiger partial charge is 0.392 e. The number of aromatic nitrogens is 2. The van der Waals surface area contributed by atoms with Gasteiger partial charge in [0.1, 0.15) is 12.1 Å². The minimum atomic E-state index is -0.347. The highest BCUT2D eigenvalue weighted by Gasteiger charge is 2.05. The monoisotopic (exact) mass is 181 g/mol. The van der Waals surface area contributed by atoms with Crippen molar-refractivity contribution in [3.63, 3.8) is 0 Å². The molecule has 0 bridgehead atoms. The van der Waals surface area contributed by atoms with E-state index in [4.69, 9.17) is 5.11 Å². The third kappa shape index (κ3) is 2.99. The second kappa shape index (κ2) is 4.18. The number of hydrogen-bond donors (Lipinski definition) is 1. The molecule has 0 spiro atoms. The van der Waals surface area contributed by atoms with E-state index in [1.165, 1.54) is 6.33 Å². The average molecular weight is 181 g/mol. The van der Waals surface area contributed by atoms with Crippen LogP contribution in [0.2, 0.25) is 0 Å². The van der Waals surface area contributed by atoms with Gasteiger partial charge in [-0.05, 0) is 13.8 Å². The molecule has 1 atom stereocenters. The highest BCUT2D eigenvalue weighted by atomic mass is 16.3. The van der Waals surface area contributed by atoms with Crippen molar-refractivity contribution in [3.8, 4) is 0 Å². The molecule has 13 heavy (non-hydrogen) atoms. The summed E-state index contributed by atoms with van der Waals surface area (Å²) in [5.74, 6) is 0.841. The van der Waals surface area contributed by atoms with Gasteiger partial charge in [-0.25, -0.2) is 9.97 Å². The molecule has 0 amide bonds. The zero-order valence-electron chi connectivity index (χ0n) is 8.23. The molecule has 1 heterocycles. The van der Waals surface area contributed by atoms with Crippen LogP contribution in [0.3, 0.4) is 0 Å². The number of nitrogens with zero attached hydrogens (tertiary/aromatic N) is 3. The lowest BCUT2D eigenvalue weighted by Gasteiger charge is -2.19. The minimum Gasteiger partial charge on any atom is -0.392 e. The van der Waals surface area contributed by atoms with Gasteiger partial charge in [0.2, 0.25) is 0 Å². The Bertz CT molecular complexity index is 275. The summed E-state index contributed by atoms with van der Waals surface area (Å²) >= 11 is 0. The number of rotatable bonds is 3. The van der Waals surface area contributed by atoms with Crippen LogP contribution >= 0.6 is 0 Å². The van der Waals surface area contributed by atoms with Crippen LogP contribution in [0.1, 0.15) is 12.6 Å². The summed E-state index contributed by atoms with van der Waals surface area (Å²) in [5, 5.41) is 9.17. The van der Waals surface area contributed by atoms with Crippen molar-refractivity contribution in [1.29, 1.82) is 0 Å². The third-order valence-electron chi connectivity index (χ3n) is 1.72. The van der Waals surface area contributed by atoms with E-state index in [0.717, 1.165) is 11.5 Å². The molecular weight excluding hydrogens is 166 g/mol. The van der Waals surface area contributed by atoms with Crippen molar-refractivity contribution in [2.45, 2.75) is 20.0 Å². The predicted molar refractivity (Wildman–Crippen MR) is 51.7 cm³/mol. The van der Waals surface area contributed by atoms with E-state index in [0.29, 0.717) is 6.54 Å². The van der Waals surface area contributed by atoms with Gasteiger partial charge in [-0.15, -0.1) is 0 Å². The smallest absolute Gasteiger partial charge is 0.132 e. The van der Waals surface area contributed by atoms with Crippen LogP contribution in [-0.2, 0) is 0 Å². The molecule has 0 saturated heterocycles. The fourth-order valence-electron chi connectivity index (χ4n) is 1.14. The van der Waals surface area contributed by atoms with Crippen LogP contribution < -0.4 is 4.90 Å². The molecule has 0 aliphatic heterocycles. The van der Waals surface area contributed by atoms with Crippen molar-refractivity contribution >= 4 is 5.82 Å². The van der Waals surface area contributed by atoms with Gasteiger partial charge in [-0.1, -0.05) is 0 Å². The Morgan fingerprint density at radius 1 is 1.54 bits per heavy atom. The lowest BCUT2D eigenvalue weighted by Crippen LogP contribution is -2.27. The molecular formula is C9H15N3O. The number of aliphatic hydroxyl groups excluding tert-OH is 1. The Kier molecular flexibility index (Phi) is 3.19. The molecule has 0 fully saturated rings. The van der Waals surface area contributed by atoms with E-state index >= 15 is 0 Å². The quantitative estimate of drug-likeness (QED) is 0.742. The Hall–Kier alpha value is -1.16. The molecule has 0 radical (unpaired) electrons. The first-order valence-corrected chi connectivity index (χ1v) is 4.27. The number of likely N-dealkylation sites (N-methyl/N-ethyl adjacent to an activating group) is 1. The van der Waals surface area contributed by atoms with Gasteiger partial charge in [0.25, 0.3) is 0 Å². The van der Waals surface area contributed by atoms with E-state index in [-0.39, 0.29) is 6.10 Å². The van der Waals surface area contributed by atoms with Crippen molar-refractivity contribution in [1.82, 2.24) is 9.97 Å². The maximum Gasteiger partial charge on any atom is 0.132 e. The second-order valence-electron chi connectivity index (χ2n) is 3.25. The van der Waals surface area contributed by atoms with Gasteiger partial charge >= 0.3 is 0 Å². The Labute approximate surface area is 78.2 Å². The Morgan fingerprint density at radius 2 is 2.23 bits per heavy atom. The summed E-state index contributed by atoms with van der Waals surface area (Å²) in [4.78, 5) is 10.00. The van der Waals surface area contributed by atoms with Gasteiger partial charge in [-0.3, -0.25) is 0 Å². The molecule has 1 unspecified atom stereocenters. The van der Waals surface area contributed by atoms with Gasteiger partial charge in [0.15, 0.2) is 0 Å². The van der Waals surface area contributed by atoms with Crippen molar-refractivity contribution < 1.29 is 5.11 Å². The molecule has 0 aromatic carbocycles. The van der Waals surface area contributed by atoms with Crippen molar-refractivity contribution in [2.24, 2.45) is 0 Å². The Balaban J connectivity index is 2.71. The van der Waals surface area contributed by atoms with Crippen LogP contribution in [-0.4, -0.2) is 34.8 Å². The van der Waals surface area contributed by atoms with Crippen molar-refractivity contribution in [3.05, 3.63) is 18.1 Å². The van der Waals surface area contributed by atoms with E-state index in [1.54, 1.807) is 6.92 Å². The summed E-state index contributed by atoms with van der Waals surface area (Å²) in [6, 6.07) is 1.89. The highest BCUT2D eigenvalue weighted by molar-refractivity contribution is 5.37. The molecule has 1 aromatic rings. The molecule has 1 N–H and O–H groups in total. The van der Waals surface area contributed by atoms with Crippen LogP contribution in [0.4, 0.5) is 5.82 Å². The lowest BCUT2D eigenvalue weighted by atomic mass is 10.3. The molecule has 1 aromatic heterocycles. The standard InChI is InChI=1S/C9H15N3O/c1-7-4-9(11-6-10-7)12(3)5-8(2)13/h4,6,8,13H,5H2,1-3H3. The zero-order valence-corrected chi connectivity index (χ0v) is 8.23. The van der Waals surface area contributed by atoms with Crippen LogP contribution in [0, 0.1) is 6.92 Å². The molecule has 0 aliphatic rings. The molecule has 0 aliphatic carbocycles. The summed E-state index contributed by atoms with van der Waals surface area (Å²) < 4.78 is 0. The summed E-state index contributed by atoms with van der Waals surface area (Å²) in [5.41, 5.74) is 0.933. The van der Waals surface area contributed by atoms with E-state index in [9.17, 15) is 0 Å². The summed E-state index contributed by atoms with van der Waals surface area (Å²) in [7, 11) is 1.90. The highest BCUT2D eigenvalue weighted by Crippen LogP contribution is 2.08. The summed E-state index contributed by atoms with van der Waals surface area (Å²) in [6.45, 7) is 4.25. The molecule has 72 valence electrons. The fraction of sp³-hybridized carbons (Fsp3) is 0.556. The number of anilines is 1. The maximum atomic E-state index is 9.17. The molecule has 4 heteroatoms. The van der Waals surface area contributed by atoms with Gasteiger partial charge in [0, 0.05) is 25.4 Å². The van der Waals surface area contributed by atoms with Gasteiger partial charge in [-0.2, -0.15) is 0 Å². The van der Waals surface area contributed by atoms with Crippen LogP contribution in [0.25, 0.3) is 0 Å². The minimum absolute atomic E-state index is 0.347. The van der Waals surface area contributed by atoms with Crippen LogP contribution in [0.5, 0.6) is 0 Å². The first-order valence-electron chi connectivity index (χ1n) is 4.27. The molecule has 1 rings (SSSR count). The first kappa shape index (κ1) is 9.92. The van der Waals surface area contributed by atoms with Gasteiger partial charge in [0.05, 0.1) is 6.10 Å². The van der Waals surface area contributed by atoms with Crippen molar-refractivity contribution in [2.75, 3.05) is 18.5 Å². The van der Waals surface area contributed by atoms with Crippen LogP contribution in [0.15, 0.2) is 12.4 Å². The van der Waals surface area contributed by atoms with E-state index in [1.807, 2.05) is 24.9 Å². The zero-order chi connectivity index (χ0) is 9.84. The average Bonchev–Trinajstić information content (AvgIpc) is 2.03. The van der Waals surface area contributed by atoms with E-state index < -0.39 is 0 Å².